The number of aliphatic hydroxyl groups excluding tert-OH is 1. The first-order chi connectivity index (χ1) is 8.30. The minimum atomic E-state index is -0.187. The van der Waals surface area contributed by atoms with Gasteiger partial charge in [0.1, 0.15) is 0 Å². The Bertz CT molecular complexity index is 229. The predicted molar refractivity (Wildman–Crippen MR) is 66.0 cm³/mol. The highest BCUT2D eigenvalue weighted by molar-refractivity contribution is 5.04. The lowest BCUT2D eigenvalue weighted by atomic mass is 9.95. The van der Waals surface area contributed by atoms with Gasteiger partial charge in [0.25, 0.3) is 0 Å². The number of hydrogen-bond acceptors (Lipinski definition) is 4. The van der Waals surface area contributed by atoms with Crippen LogP contribution in [0.4, 0.5) is 0 Å². The Morgan fingerprint density at radius 3 is 2.41 bits per heavy atom. The molecule has 0 amide bonds. The normalized spacial score (nSPS) is 23.6. The van der Waals surface area contributed by atoms with Gasteiger partial charge >= 0.3 is 0 Å². The summed E-state index contributed by atoms with van der Waals surface area (Å²) >= 11 is 0. The highest BCUT2D eigenvalue weighted by Gasteiger charge is 2.47. The van der Waals surface area contributed by atoms with Crippen LogP contribution in [0.2, 0.25) is 0 Å². The molecule has 0 aliphatic heterocycles. The fourth-order valence-corrected chi connectivity index (χ4v) is 2.28. The number of ether oxygens (including phenoxy) is 2. The summed E-state index contributed by atoms with van der Waals surface area (Å²) in [6, 6.07) is 0.609. The minimum absolute atomic E-state index is 0.183. The van der Waals surface area contributed by atoms with E-state index in [9.17, 15) is 5.11 Å². The van der Waals surface area contributed by atoms with Gasteiger partial charge in [0.05, 0.1) is 32.0 Å². The van der Waals surface area contributed by atoms with Crippen LogP contribution in [0.25, 0.3) is 0 Å². The molecule has 0 radical (unpaired) electrons. The summed E-state index contributed by atoms with van der Waals surface area (Å²) in [5.41, 5.74) is -0.187. The molecular weight excluding hydrogens is 218 g/mol. The van der Waals surface area contributed by atoms with E-state index in [1.165, 1.54) is 25.7 Å². The minimum Gasteiger partial charge on any atom is -0.394 e. The monoisotopic (exact) mass is 243 g/mol. The van der Waals surface area contributed by atoms with Crippen LogP contribution >= 0.6 is 0 Å². The standard InChI is InChI=1S/C13H25NO3/c1-2-16-7-8-17-10-13(9-15,11-3-4-11)14-12-5-6-12/h11-12,14-15H,2-10H2,1H3. The second-order valence-corrected chi connectivity index (χ2v) is 5.26. The maximum absolute atomic E-state index is 9.69. The van der Waals surface area contributed by atoms with Crippen molar-refractivity contribution in [3.63, 3.8) is 0 Å². The molecule has 2 rings (SSSR count). The van der Waals surface area contributed by atoms with Gasteiger partial charge in [-0.2, -0.15) is 0 Å². The molecule has 4 heteroatoms. The molecule has 17 heavy (non-hydrogen) atoms. The van der Waals surface area contributed by atoms with Crippen LogP contribution in [-0.4, -0.2) is 49.7 Å². The van der Waals surface area contributed by atoms with Gasteiger partial charge < -0.3 is 19.9 Å². The van der Waals surface area contributed by atoms with Gasteiger partial charge in [0, 0.05) is 12.6 Å². The van der Waals surface area contributed by atoms with Crippen molar-refractivity contribution in [1.29, 1.82) is 0 Å². The quantitative estimate of drug-likeness (QED) is 0.561. The van der Waals surface area contributed by atoms with Crippen LogP contribution in [0.1, 0.15) is 32.6 Å². The van der Waals surface area contributed by atoms with Crippen molar-refractivity contribution in [2.24, 2.45) is 5.92 Å². The largest absolute Gasteiger partial charge is 0.394 e. The van der Waals surface area contributed by atoms with Crippen molar-refractivity contribution in [3.05, 3.63) is 0 Å². The highest BCUT2D eigenvalue weighted by atomic mass is 16.5. The molecule has 0 aromatic carbocycles. The van der Waals surface area contributed by atoms with E-state index in [-0.39, 0.29) is 12.1 Å². The van der Waals surface area contributed by atoms with Gasteiger partial charge in [-0.05, 0) is 38.5 Å². The van der Waals surface area contributed by atoms with Crippen molar-refractivity contribution in [2.45, 2.75) is 44.2 Å². The zero-order valence-corrected chi connectivity index (χ0v) is 10.8. The SMILES string of the molecule is CCOCCOCC(CO)(NC1CC1)C1CC1. The van der Waals surface area contributed by atoms with Crippen LogP contribution in [0, 0.1) is 5.92 Å². The van der Waals surface area contributed by atoms with Crippen LogP contribution in [0.15, 0.2) is 0 Å². The van der Waals surface area contributed by atoms with Gasteiger partial charge in [0.15, 0.2) is 0 Å². The van der Waals surface area contributed by atoms with Gasteiger partial charge in [-0.1, -0.05) is 0 Å². The Labute approximate surface area is 104 Å². The molecule has 100 valence electrons. The van der Waals surface area contributed by atoms with Crippen LogP contribution < -0.4 is 5.32 Å². The van der Waals surface area contributed by atoms with E-state index in [0.29, 0.717) is 31.8 Å². The highest BCUT2D eigenvalue weighted by Crippen LogP contribution is 2.41. The van der Waals surface area contributed by atoms with Crippen molar-refractivity contribution < 1.29 is 14.6 Å². The summed E-state index contributed by atoms with van der Waals surface area (Å²) in [7, 11) is 0. The third kappa shape index (κ3) is 3.91. The Morgan fingerprint density at radius 1 is 1.18 bits per heavy atom. The molecule has 0 saturated heterocycles. The molecule has 1 unspecified atom stereocenters. The molecule has 0 spiro atoms. The summed E-state index contributed by atoms with van der Waals surface area (Å²) in [6.45, 7) is 4.77. The lowest BCUT2D eigenvalue weighted by Gasteiger charge is -2.33. The van der Waals surface area contributed by atoms with Gasteiger partial charge in [-0.3, -0.25) is 0 Å². The molecule has 2 fully saturated rings. The summed E-state index contributed by atoms with van der Waals surface area (Å²) < 4.78 is 10.9. The number of rotatable bonds is 10. The number of hydrogen-bond donors (Lipinski definition) is 2. The lowest BCUT2D eigenvalue weighted by molar-refractivity contribution is -0.00331. The van der Waals surface area contributed by atoms with E-state index >= 15 is 0 Å². The molecule has 4 nitrogen and oxygen atoms in total. The molecular formula is C13H25NO3. The third-order valence-electron chi connectivity index (χ3n) is 3.65. The molecule has 0 heterocycles. The maximum atomic E-state index is 9.69. The number of aliphatic hydroxyl groups is 1. The smallest absolute Gasteiger partial charge is 0.0701 e. The van der Waals surface area contributed by atoms with Crippen molar-refractivity contribution >= 4 is 0 Å². The summed E-state index contributed by atoms with van der Waals surface area (Å²) in [5, 5.41) is 13.3. The molecule has 2 N–H and O–H groups in total. The predicted octanol–water partition coefficient (Wildman–Crippen LogP) is 0.933. The van der Waals surface area contributed by atoms with E-state index in [0.717, 1.165) is 6.61 Å². The zero-order valence-electron chi connectivity index (χ0n) is 10.8. The summed E-state index contributed by atoms with van der Waals surface area (Å²) in [4.78, 5) is 0. The Hall–Kier alpha value is -0.160. The zero-order chi connectivity index (χ0) is 12.1. The van der Waals surface area contributed by atoms with E-state index in [2.05, 4.69) is 5.32 Å². The van der Waals surface area contributed by atoms with E-state index in [1.54, 1.807) is 0 Å². The van der Waals surface area contributed by atoms with E-state index in [1.807, 2.05) is 6.92 Å². The molecule has 1 atom stereocenters. The van der Waals surface area contributed by atoms with Gasteiger partial charge in [-0.25, -0.2) is 0 Å². The second kappa shape index (κ2) is 6.14. The lowest BCUT2D eigenvalue weighted by Crippen LogP contribution is -2.55. The molecule has 0 aromatic rings. The first kappa shape index (κ1) is 13.3. The third-order valence-corrected chi connectivity index (χ3v) is 3.65. The molecule has 0 aromatic heterocycles. The summed E-state index contributed by atoms with van der Waals surface area (Å²) in [5.74, 6) is 0.597. The molecule has 2 aliphatic carbocycles. The Balaban J connectivity index is 1.73. The molecule has 0 bridgehead atoms. The van der Waals surface area contributed by atoms with Crippen LogP contribution in [0.5, 0.6) is 0 Å². The fraction of sp³-hybridized carbons (Fsp3) is 1.00. The second-order valence-electron chi connectivity index (χ2n) is 5.26. The Morgan fingerprint density at radius 2 is 1.88 bits per heavy atom. The first-order valence-electron chi connectivity index (χ1n) is 6.85. The van der Waals surface area contributed by atoms with E-state index < -0.39 is 0 Å². The number of nitrogens with one attached hydrogen (secondary N) is 1. The van der Waals surface area contributed by atoms with Crippen molar-refractivity contribution in [3.8, 4) is 0 Å². The van der Waals surface area contributed by atoms with Crippen LogP contribution in [0.3, 0.4) is 0 Å². The topological polar surface area (TPSA) is 50.7 Å². The fourth-order valence-electron chi connectivity index (χ4n) is 2.28. The molecule has 2 aliphatic rings. The average molecular weight is 243 g/mol. The van der Waals surface area contributed by atoms with Crippen LogP contribution in [-0.2, 0) is 9.47 Å². The van der Waals surface area contributed by atoms with Crippen molar-refractivity contribution in [2.75, 3.05) is 33.0 Å². The Kier molecular flexibility index (Phi) is 4.79. The average Bonchev–Trinajstić information content (AvgIpc) is 3.18. The van der Waals surface area contributed by atoms with Gasteiger partial charge in [0.2, 0.25) is 0 Å². The van der Waals surface area contributed by atoms with E-state index in [4.69, 9.17) is 9.47 Å². The van der Waals surface area contributed by atoms with Crippen molar-refractivity contribution in [1.82, 2.24) is 5.32 Å². The molecule has 2 saturated carbocycles. The van der Waals surface area contributed by atoms with Gasteiger partial charge in [-0.15, -0.1) is 0 Å². The first-order valence-corrected chi connectivity index (χ1v) is 6.85. The summed E-state index contributed by atoms with van der Waals surface area (Å²) in [6.07, 6.45) is 4.92. The maximum Gasteiger partial charge on any atom is 0.0701 e.